The van der Waals surface area contributed by atoms with Crippen LogP contribution in [0.2, 0.25) is 0 Å². The van der Waals surface area contributed by atoms with Crippen LogP contribution in [-0.2, 0) is 14.2 Å². The van der Waals surface area contributed by atoms with E-state index in [2.05, 4.69) is 26.1 Å². The highest BCUT2D eigenvalue weighted by Gasteiger charge is 2.15. The number of rotatable bonds is 4. The predicted octanol–water partition coefficient (Wildman–Crippen LogP) is 4.02. The first-order chi connectivity index (χ1) is 11.3. The van der Waals surface area contributed by atoms with Gasteiger partial charge >= 0.3 is 12.2 Å². The topological polar surface area (TPSA) is 93.3 Å². The molecule has 1 rings (SSSR count). The van der Waals surface area contributed by atoms with E-state index < -0.39 is 6.16 Å². The summed E-state index contributed by atoms with van der Waals surface area (Å²) < 4.78 is 15.8. The second-order valence-electron chi connectivity index (χ2n) is 5.12. The number of ether oxygens (including phenoxy) is 3. The molecular formula is C16H18BrN3O4. The second-order valence-corrected chi connectivity index (χ2v) is 6.03. The van der Waals surface area contributed by atoms with Crippen LogP contribution in [0.5, 0.6) is 0 Å². The fourth-order valence-electron chi connectivity index (χ4n) is 1.40. The van der Waals surface area contributed by atoms with Gasteiger partial charge in [-0.05, 0) is 39.8 Å². The SMILES string of the molecule is CC(C)OC(=O)O/C(=N\N=C(/C#N)c1ccc(Br)cc1)OC(C)C. The van der Waals surface area contributed by atoms with E-state index in [1.807, 2.05) is 6.07 Å². The summed E-state index contributed by atoms with van der Waals surface area (Å²) in [6.07, 6.45) is -2.00. The van der Waals surface area contributed by atoms with Gasteiger partial charge < -0.3 is 14.2 Å². The summed E-state index contributed by atoms with van der Waals surface area (Å²) in [5, 5.41) is 16.7. The molecule has 7 nitrogen and oxygen atoms in total. The minimum Gasteiger partial charge on any atom is -0.446 e. The first kappa shape index (κ1) is 19.6. The van der Waals surface area contributed by atoms with Gasteiger partial charge in [-0.2, -0.15) is 5.26 Å². The van der Waals surface area contributed by atoms with E-state index >= 15 is 0 Å². The second kappa shape index (κ2) is 9.67. The Morgan fingerprint density at radius 3 is 2.17 bits per heavy atom. The van der Waals surface area contributed by atoms with Crippen molar-refractivity contribution in [1.82, 2.24) is 0 Å². The zero-order chi connectivity index (χ0) is 18.1. The number of hydrogen-bond donors (Lipinski definition) is 0. The van der Waals surface area contributed by atoms with E-state index in [-0.39, 0.29) is 24.0 Å². The number of halogens is 1. The van der Waals surface area contributed by atoms with E-state index in [1.54, 1.807) is 52.0 Å². The summed E-state index contributed by atoms with van der Waals surface area (Å²) in [6, 6.07) is 8.89. The van der Waals surface area contributed by atoms with Gasteiger partial charge in [0.15, 0.2) is 5.71 Å². The lowest BCUT2D eigenvalue weighted by atomic mass is 10.1. The molecule has 0 atom stereocenters. The van der Waals surface area contributed by atoms with Crippen LogP contribution in [0, 0.1) is 11.3 Å². The van der Waals surface area contributed by atoms with Gasteiger partial charge in [0.25, 0.3) is 0 Å². The third-order valence-corrected chi connectivity index (χ3v) is 2.82. The average molecular weight is 396 g/mol. The lowest BCUT2D eigenvalue weighted by molar-refractivity contribution is 0.0502. The van der Waals surface area contributed by atoms with Crippen molar-refractivity contribution < 1.29 is 19.0 Å². The highest BCUT2D eigenvalue weighted by atomic mass is 79.9. The van der Waals surface area contributed by atoms with Gasteiger partial charge in [0.1, 0.15) is 6.07 Å². The summed E-state index contributed by atoms with van der Waals surface area (Å²) in [7, 11) is 0. The van der Waals surface area contributed by atoms with Crippen LogP contribution in [0.25, 0.3) is 0 Å². The molecule has 0 heterocycles. The largest absolute Gasteiger partial charge is 0.517 e. The molecule has 0 bridgehead atoms. The van der Waals surface area contributed by atoms with Gasteiger partial charge in [-0.1, -0.05) is 33.2 Å². The zero-order valence-corrected chi connectivity index (χ0v) is 15.4. The quantitative estimate of drug-likeness (QED) is 0.332. The Morgan fingerprint density at radius 2 is 1.67 bits per heavy atom. The molecule has 0 amide bonds. The molecule has 0 aromatic heterocycles. The molecule has 8 heteroatoms. The van der Waals surface area contributed by atoms with Gasteiger partial charge in [0.05, 0.1) is 12.2 Å². The Hall–Kier alpha value is -2.40. The smallest absolute Gasteiger partial charge is 0.446 e. The lowest BCUT2D eigenvalue weighted by Gasteiger charge is -2.12. The monoisotopic (exact) mass is 395 g/mol. The Morgan fingerprint density at radius 1 is 1.08 bits per heavy atom. The fraction of sp³-hybridized carbons (Fsp3) is 0.375. The third kappa shape index (κ3) is 7.24. The molecule has 1 aromatic carbocycles. The van der Waals surface area contributed by atoms with Crippen molar-refractivity contribution in [2.75, 3.05) is 0 Å². The maximum atomic E-state index is 11.5. The molecule has 0 saturated carbocycles. The van der Waals surface area contributed by atoms with Gasteiger partial charge in [-0.3, -0.25) is 0 Å². The summed E-state index contributed by atoms with van der Waals surface area (Å²) >= 11 is 3.31. The number of nitrogens with zero attached hydrogens (tertiary/aromatic N) is 3. The van der Waals surface area contributed by atoms with Crippen molar-refractivity contribution in [3.8, 4) is 6.07 Å². The van der Waals surface area contributed by atoms with E-state index in [0.717, 1.165) is 4.47 Å². The van der Waals surface area contributed by atoms with Gasteiger partial charge in [0.2, 0.25) is 0 Å². The third-order valence-electron chi connectivity index (χ3n) is 2.29. The maximum absolute atomic E-state index is 11.5. The van der Waals surface area contributed by atoms with Crippen molar-refractivity contribution in [3.05, 3.63) is 34.3 Å². The van der Waals surface area contributed by atoms with Crippen molar-refractivity contribution in [2.24, 2.45) is 10.2 Å². The zero-order valence-electron chi connectivity index (χ0n) is 13.8. The Bertz CT molecular complexity index is 661. The molecule has 128 valence electrons. The highest BCUT2D eigenvalue weighted by molar-refractivity contribution is 9.10. The van der Waals surface area contributed by atoms with Crippen LogP contribution in [0.15, 0.2) is 38.9 Å². The van der Waals surface area contributed by atoms with Gasteiger partial charge in [0, 0.05) is 10.0 Å². The van der Waals surface area contributed by atoms with Crippen LogP contribution in [0.1, 0.15) is 33.3 Å². The molecule has 0 N–H and O–H groups in total. The minimum atomic E-state index is -0.957. The molecule has 1 aromatic rings. The minimum absolute atomic E-state index is 0.0492. The standard InChI is InChI=1S/C16H18BrN3O4/c1-10(2)22-15(24-16(21)23-11(3)4)20-19-14(9-18)12-5-7-13(17)8-6-12/h5-8,10-11H,1-4H3/b19-14+,20-15-. The Balaban J connectivity index is 3.00. The number of hydrogen-bond acceptors (Lipinski definition) is 7. The first-order valence-electron chi connectivity index (χ1n) is 7.18. The van der Waals surface area contributed by atoms with E-state index in [0.29, 0.717) is 5.56 Å². The molecule has 0 saturated heterocycles. The van der Waals surface area contributed by atoms with Crippen molar-refractivity contribution in [1.29, 1.82) is 5.26 Å². The van der Waals surface area contributed by atoms with E-state index in [9.17, 15) is 10.1 Å². The average Bonchev–Trinajstić information content (AvgIpc) is 2.47. The number of nitriles is 1. The molecule has 0 aliphatic heterocycles. The molecule has 0 aliphatic carbocycles. The molecular weight excluding hydrogens is 378 g/mol. The Labute approximate surface area is 149 Å². The summed E-state index contributed by atoms with van der Waals surface area (Å²) in [5.41, 5.74) is 0.617. The van der Waals surface area contributed by atoms with E-state index in [1.165, 1.54) is 0 Å². The van der Waals surface area contributed by atoms with Crippen LogP contribution in [0.4, 0.5) is 4.79 Å². The van der Waals surface area contributed by atoms with Crippen molar-refractivity contribution in [2.45, 2.75) is 39.9 Å². The molecule has 24 heavy (non-hydrogen) atoms. The molecule has 0 aliphatic rings. The lowest BCUT2D eigenvalue weighted by Crippen LogP contribution is -2.21. The van der Waals surface area contributed by atoms with Crippen molar-refractivity contribution in [3.63, 3.8) is 0 Å². The molecule has 0 fully saturated rings. The number of benzene rings is 1. The molecule has 0 spiro atoms. The molecule has 0 radical (unpaired) electrons. The Kier molecular flexibility index (Phi) is 7.92. The van der Waals surface area contributed by atoms with Crippen molar-refractivity contribution >= 4 is 33.9 Å². The predicted molar refractivity (Wildman–Crippen MR) is 92.7 cm³/mol. The van der Waals surface area contributed by atoms with Gasteiger partial charge in [-0.15, -0.1) is 5.10 Å². The van der Waals surface area contributed by atoms with Crippen LogP contribution in [-0.4, -0.2) is 30.2 Å². The van der Waals surface area contributed by atoms with Gasteiger partial charge in [-0.25, -0.2) is 4.79 Å². The molecule has 0 unspecified atom stereocenters. The van der Waals surface area contributed by atoms with Crippen LogP contribution in [0.3, 0.4) is 0 Å². The van der Waals surface area contributed by atoms with E-state index in [4.69, 9.17) is 14.2 Å². The fourth-order valence-corrected chi connectivity index (χ4v) is 1.67. The highest BCUT2D eigenvalue weighted by Crippen LogP contribution is 2.11. The summed E-state index contributed by atoms with van der Waals surface area (Å²) in [4.78, 5) is 11.5. The number of carbonyl (C=O) groups is 1. The summed E-state index contributed by atoms with van der Waals surface area (Å²) in [6.45, 7) is 6.83. The summed E-state index contributed by atoms with van der Waals surface area (Å²) in [5.74, 6) is 0. The number of carbonyl (C=O) groups excluding carboxylic acids is 1. The first-order valence-corrected chi connectivity index (χ1v) is 7.98. The van der Waals surface area contributed by atoms with Crippen LogP contribution < -0.4 is 0 Å². The normalized spacial score (nSPS) is 12.1. The maximum Gasteiger partial charge on any atom is 0.517 e. The van der Waals surface area contributed by atoms with Crippen LogP contribution >= 0.6 is 15.9 Å².